The van der Waals surface area contributed by atoms with Crippen LogP contribution in [0.3, 0.4) is 0 Å². The summed E-state index contributed by atoms with van der Waals surface area (Å²) in [6, 6.07) is 9.50. The van der Waals surface area contributed by atoms with Crippen LogP contribution in [0.2, 0.25) is 0 Å². The van der Waals surface area contributed by atoms with Crippen molar-refractivity contribution >= 4 is 10.0 Å². The van der Waals surface area contributed by atoms with E-state index in [2.05, 4.69) is 4.72 Å². The number of nitrogens with one attached hydrogen (secondary N) is 1. The second-order valence-corrected chi connectivity index (χ2v) is 7.30. The molecule has 6 nitrogen and oxygen atoms in total. The summed E-state index contributed by atoms with van der Waals surface area (Å²) < 4.78 is 43.8. The molecule has 7 heteroatoms. The predicted octanol–water partition coefficient (Wildman–Crippen LogP) is 3.06. The number of methoxy groups -OCH3 is 3. The maximum Gasteiger partial charge on any atom is 0.241 e. The molecule has 2 rings (SSSR count). The largest absolute Gasteiger partial charge is 0.497 e. The van der Waals surface area contributed by atoms with Crippen LogP contribution in [0.15, 0.2) is 41.3 Å². The van der Waals surface area contributed by atoms with Crippen molar-refractivity contribution in [2.45, 2.75) is 24.8 Å². The molecule has 0 aliphatic carbocycles. The Morgan fingerprint density at radius 2 is 1.56 bits per heavy atom. The molecule has 1 atom stereocenters. The lowest BCUT2D eigenvalue weighted by Gasteiger charge is -2.18. The fourth-order valence-electron chi connectivity index (χ4n) is 2.56. The normalized spacial score (nSPS) is 12.5. The molecule has 0 saturated heterocycles. The first-order chi connectivity index (χ1) is 11.8. The third-order valence-corrected chi connectivity index (χ3v) is 5.45. The third-order valence-electron chi connectivity index (χ3n) is 3.91. The molecule has 0 unspecified atom stereocenters. The van der Waals surface area contributed by atoms with Gasteiger partial charge in [0, 0.05) is 11.6 Å². The molecule has 136 valence electrons. The zero-order chi connectivity index (χ0) is 18.6. The van der Waals surface area contributed by atoms with Crippen LogP contribution in [0, 0.1) is 6.92 Å². The van der Waals surface area contributed by atoms with Gasteiger partial charge in [-0.25, -0.2) is 13.1 Å². The predicted molar refractivity (Wildman–Crippen MR) is 96.0 cm³/mol. The molecule has 0 amide bonds. The van der Waals surface area contributed by atoms with E-state index >= 15 is 0 Å². The zero-order valence-corrected chi connectivity index (χ0v) is 15.8. The van der Waals surface area contributed by atoms with Gasteiger partial charge in [0.05, 0.1) is 26.2 Å². The van der Waals surface area contributed by atoms with Gasteiger partial charge in [-0.3, -0.25) is 0 Å². The number of ether oxygens (including phenoxy) is 3. The second kappa shape index (κ2) is 7.76. The monoisotopic (exact) mass is 365 g/mol. The summed E-state index contributed by atoms with van der Waals surface area (Å²) in [5.74, 6) is 1.85. The number of aryl methyl sites for hydroxylation is 1. The van der Waals surface area contributed by atoms with Crippen LogP contribution in [-0.4, -0.2) is 29.7 Å². The summed E-state index contributed by atoms with van der Waals surface area (Å²) >= 11 is 0. The van der Waals surface area contributed by atoms with Gasteiger partial charge in [-0.05, 0) is 55.8 Å². The Labute approximate surface area is 148 Å². The number of hydrogen-bond acceptors (Lipinski definition) is 5. The SMILES string of the molecule is COc1ccc(OC)c([C@H](C)NS(=O)(=O)c2ccc(OC)c(C)c2)c1. The second-order valence-electron chi connectivity index (χ2n) is 5.58. The minimum Gasteiger partial charge on any atom is -0.497 e. The van der Waals surface area contributed by atoms with Crippen LogP contribution in [0.4, 0.5) is 0 Å². The van der Waals surface area contributed by atoms with Crippen molar-refractivity contribution in [1.82, 2.24) is 4.72 Å². The van der Waals surface area contributed by atoms with Gasteiger partial charge < -0.3 is 14.2 Å². The molecule has 0 spiro atoms. The van der Waals surface area contributed by atoms with Crippen LogP contribution in [0.1, 0.15) is 24.1 Å². The first-order valence-electron chi connectivity index (χ1n) is 7.71. The molecular formula is C18H23NO5S. The Balaban J connectivity index is 2.33. The van der Waals surface area contributed by atoms with Gasteiger partial charge in [-0.2, -0.15) is 0 Å². The first-order valence-corrected chi connectivity index (χ1v) is 9.19. The molecule has 0 heterocycles. The molecule has 0 aliphatic heterocycles. The number of benzene rings is 2. The van der Waals surface area contributed by atoms with Gasteiger partial charge in [0.25, 0.3) is 0 Å². The van der Waals surface area contributed by atoms with Gasteiger partial charge in [0.15, 0.2) is 0 Å². The molecule has 0 saturated carbocycles. The van der Waals surface area contributed by atoms with E-state index in [1.54, 1.807) is 65.5 Å². The third kappa shape index (κ3) is 4.24. The number of rotatable bonds is 7. The average molecular weight is 365 g/mol. The maximum atomic E-state index is 12.7. The average Bonchev–Trinajstić information content (AvgIpc) is 2.60. The van der Waals surface area contributed by atoms with Crippen molar-refractivity contribution in [2.24, 2.45) is 0 Å². The highest BCUT2D eigenvalue weighted by atomic mass is 32.2. The molecule has 2 aromatic rings. The lowest BCUT2D eigenvalue weighted by atomic mass is 10.1. The summed E-state index contributed by atoms with van der Waals surface area (Å²) in [5, 5.41) is 0. The zero-order valence-electron chi connectivity index (χ0n) is 15.0. The van der Waals surface area contributed by atoms with Crippen molar-refractivity contribution in [2.75, 3.05) is 21.3 Å². The van der Waals surface area contributed by atoms with Crippen LogP contribution < -0.4 is 18.9 Å². The molecule has 25 heavy (non-hydrogen) atoms. The van der Waals surface area contributed by atoms with Crippen molar-refractivity contribution in [1.29, 1.82) is 0 Å². The highest BCUT2D eigenvalue weighted by Crippen LogP contribution is 2.30. The minimum atomic E-state index is -3.70. The summed E-state index contributed by atoms with van der Waals surface area (Å²) in [5.41, 5.74) is 1.44. The Morgan fingerprint density at radius 1 is 0.920 bits per heavy atom. The molecule has 0 fully saturated rings. The summed E-state index contributed by atoms with van der Waals surface area (Å²) in [4.78, 5) is 0.180. The first kappa shape index (κ1) is 19.1. The molecule has 0 aliphatic rings. The molecule has 0 bridgehead atoms. The van der Waals surface area contributed by atoms with Crippen LogP contribution >= 0.6 is 0 Å². The molecule has 0 aromatic heterocycles. The van der Waals surface area contributed by atoms with E-state index in [4.69, 9.17) is 14.2 Å². The number of hydrogen-bond donors (Lipinski definition) is 1. The minimum absolute atomic E-state index is 0.180. The smallest absolute Gasteiger partial charge is 0.241 e. The van der Waals surface area contributed by atoms with Crippen molar-refractivity contribution in [3.8, 4) is 17.2 Å². The number of sulfonamides is 1. The lowest BCUT2D eigenvalue weighted by molar-refractivity contribution is 0.395. The van der Waals surface area contributed by atoms with Gasteiger partial charge in [0.2, 0.25) is 10.0 Å². The molecule has 0 radical (unpaired) electrons. The lowest BCUT2D eigenvalue weighted by Crippen LogP contribution is -2.27. The van der Waals surface area contributed by atoms with E-state index in [0.717, 1.165) is 5.56 Å². The summed E-state index contributed by atoms with van der Waals surface area (Å²) in [6.45, 7) is 3.55. The van der Waals surface area contributed by atoms with E-state index < -0.39 is 16.1 Å². The van der Waals surface area contributed by atoms with E-state index in [1.807, 2.05) is 0 Å². The van der Waals surface area contributed by atoms with E-state index in [9.17, 15) is 8.42 Å². The Morgan fingerprint density at radius 3 is 2.12 bits per heavy atom. The summed E-state index contributed by atoms with van der Waals surface area (Å²) in [7, 11) is 0.943. The highest BCUT2D eigenvalue weighted by molar-refractivity contribution is 7.89. The van der Waals surface area contributed by atoms with Crippen molar-refractivity contribution < 1.29 is 22.6 Å². The van der Waals surface area contributed by atoms with Gasteiger partial charge in [0.1, 0.15) is 17.2 Å². The molecule has 2 aromatic carbocycles. The van der Waals surface area contributed by atoms with Crippen molar-refractivity contribution in [3.05, 3.63) is 47.5 Å². The summed E-state index contributed by atoms with van der Waals surface area (Å²) in [6.07, 6.45) is 0. The Bertz CT molecular complexity index is 849. The molecule has 1 N–H and O–H groups in total. The quantitative estimate of drug-likeness (QED) is 0.816. The Hall–Kier alpha value is -2.25. The van der Waals surface area contributed by atoms with E-state index in [-0.39, 0.29) is 4.90 Å². The fourth-order valence-corrected chi connectivity index (χ4v) is 3.87. The topological polar surface area (TPSA) is 73.9 Å². The van der Waals surface area contributed by atoms with Crippen LogP contribution in [-0.2, 0) is 10.0 Å². The fraction of sp³-hybridized carbons (Fsp3) is 0.333. The molecular weight excluding hydrogens is 342 g/mol. The van der Waals surface area contributed by atoms with Gasteiger partial charge in [-0.15, -0.1) is 0 Å². The maximum absolute atomic E-state index is 12.7. The van der Waals surface area contributed by atoms with Crippen molar-refractivity contribution in [3.63, 3.8) is 0 Å². The van der Waals surface area contributed by atoms with Crippen LogP contribution in [0.5, 0.6) is 17.2 Å². The van der Waals surface area contributed by atoms with Crippen LogP contribution in [0.25, 0.3) is 0 Å². The Kier molecular flexibility index (Phi) is 5.92. The van der Waals surface area contributed by atoms with Gasteiger partial charge in [-0.1, -0.05) is 0 Å². The van der Waals surface area contributed by atoms with E-state index in [1.165, 1.54) is 6.07 Å². The highest BCUT2D eigenvalue weighted by Gasteiger charge is 2.22. The van der Waals surface area contributed by atoms with Gasteiger partial charge >= 0.3 is 0 Å². The standard InChI is InChI=1S/C18H23NO5S/c1-12-10-15(7-9-17(12)23-4)25(20,21)19-13(2)16-11-14(22-3)6-8-18(16)24-5/h6-11,13,19H,1-5H3/t13-/m0/s1. The van der Waals surface area contributed by atoms with E-state index in [0.29, 0.717) is 22.8 Å².